The van der Waals surface area contributed by atoms with E-state index in [1.807, 2.05) is 42.5 Å². The number of nitrogens with one attached hydrogen (secondary N) is 1. The van der Waals surface area contributed by atoms with Crippen molar-refractivity contribution in [2.75, 3.05) is 17.9 Å². The van der Waals surface area contributed by atoms with E-state index in [4.69, 9.17) is 9.47 Å². The van der Waals surface area contributed by atoms with Crippen molar-refractivity contribution in [1.82, 2.24) is 19.8 Å². The number of thioether (sulfide) groups is 1. The standard InChI is InChI=1S/C20H15N5O3S/c26-19(21-14-6-8-16-17(10-14)28-12-27-16)11-29-20-23-22-18-9-7-15(24-25(18)20)13-4-2-1-3-5-13/h1-10H,11-12H2,(H,21,26). The summed E-state index contributed by atoms with van der Waals surface area (Å²) in [6.07, 6.45) is 0. The number of ether oxygens (including phenoxy) is 2. The van der Waals surface area contributed by atoms with Gasteiger partial charge in [0.05, 0.1) is 11.4 Å². The van der Waals surface area contributed by atoms with E-state index >= 15 is 0 Å². The van der Waals surface area contributed by atoms with Gasteiger partial charge in [-0.15, -0.1) is 10.2 Å². The Morgan fingerprint density at radius 2 is 1.90 bits per heavy atom. The second-order valence-electron chi connectivity index (χ2n) is 6.24. The normalized spacial score (nSPS) is 12.3. The Labute approximate surface area is 169 Å². The summed E-state index contributed by atoms with van der Waals surface area (Å²) in [5.74, 6) is 1.31. The Kier molecular flexibility index (Phi) is 4.49. The zero-order chi connectivity index (χ0) is 19.6. The van der Waals surface area contributed by atoms with Gasteiger partial charge < -0.3 is 14.8 Å². The second kappa shape index (κ2) is 7.44. The van der Waals surface area contributed by atoms with Crippen molar-refractivity contribution in [2.45, 2.75) is 5.16 Å². The van der Waals surface area contributed by atoms with Crippen molar-refractivity contribution < 1.29 is 14.3 Å². The third kappa shape index (κ3) is 3.59. The van der Waals surface area contributed by atoms with Crippen molar-refractivity contribution in [3.8, 4) is 22.8 Å². The van der Waals surface area contributed by atoms with E-state index in [0.29, 0.717) is 28.0 Å². The van der Waals surface area contributed by atoms with E-state index in [9.17, 15) is 4.79 Å². The molecule has 9 heteroatoms. The summed E-state index contributed by atoms with van der Waals surface area (Å²) < 4.78 is 12.3. The van der Waals surface area contributed by atoms with E-state index in [2.05, 4.69) is 20.6 Å². The molecule has 0 saturated heterocycles. The van der Waals surface area contributed by atoms with E-state index in [0.717, 1.165) is 11.3 Å². The van der Waals surface area contributed by atoms with Gasteiger partial charge in [0, 0.05) is 17.3 Å². The molecule has 4 aromatic rings. The highest BCUT2D eigenvalue weighted by Gasteiger charge is 2.15. The molecule has 1 amide bonds. The number of hydrogen-bond acceptors (Lipinski definition) is 7. The molecule has 2 aromatic carbocycles. The Morgan fingerprint density at radius 3 is 2.79 bits per heavy atom. The predicted octanol–water partition coefficient (Wildman–Crippen LogP) is 3.25. The van der Waals surface area contributed by atoms with Crippen molar-refractivity contribution in [2.24, 2.45) is 0 Å². The number of carbonyl (C=O) groups is 1. The Balaban J connectivity index is 1.29. The summed E-state index contributed by atoms with van der Waals surface area (Å²) in [7, 11) is 0. The summed E-state index contributed by atoms with van der Waals surface area (Å²) in [6.45, 7) is 0.195. The van der Waals surface area contributed by atoms with Crippen LogP contribution in [0.1, 0.15) is 0 Å². The molecule has 0 saturated carbocycles. The van der Waals surface area contributed by atoms with Crippen LogP contribution in [0.25, 0.3) is 16.9 Å². The lowest BCUT2D eigenvalue weighted by molar-refractivity contribution is -0.113. The average molecular weight is 405 g/mol. The van der Waals surface area contributed by atoms with E-state index in [-0.39, 0.29) is 18.5 Å². The molecule has 0 fully saturated rings. The SMILES string of the molecule is O=C(CSc1nnc2ccc(-c3ccccc3)nn12)Nc1ccc2c(c1)OCO2. The number of aromatic nitrogens is 4. The molecule has 29 heavy (non-hydrogen) atoms. The molecule has 0 spiro atoms. The quantitative estimate of drug-likeness (QED) is 0.510. The first kappa shape index (κ1) is 17.5. The van der Waals surface area contributed by atoms with Crippen LogP contribution in [0, 0.1) is 0 Å². The molecule has 0 radical (unpaired) electrons. The maximum absolute atomic E-state index is 12.4. The van der Waals surface area contributed by atoms with Crippen LogP contribution in [0.15, 0.2) is 65.8 Å². The van der Waals surface area contributed by atoms with Gasteiger partial charge in [-0.3, -0.25) is 4.79 Å². The van der Waals surface area contributed by atoms with Gasteiger partial charge in [0.25, 0.3) is 0 Å². The molecule has 1 N–H and O–H groups in total. The number of rotatable bonds is 5. The molecule has 5 rings (SSSR count). The fourth-order valence-electron chi connectivity index (χ4n) is 2.92. The minimum Gasteiger partial charge on any atom is -0.454 e. The highest BCUT2D eigenvalue weighted by Crippen LogP contribution is 2.34. The zero-order valence-electron chi connectivity index (χ0n) is 15.1. The van der Waals surface area contributed by atoms with Gasteiger partial charge in [-0.2, -0.15) is 9.61 Å². The minimum atomic E-state index is -0.162. The molecule has 0 aliphatic carbocycles. The van der Waals surface area contributed by atoms with Crippen molar-refractivity contribution in [1.29, 1.82) is 0 Å². The number of benzene rings is 2. The Hall–Kier alpha value is -3.59. The number of carbonyl (C=O) groups excluding carboxylic acids is 1. The lowest BCUT2D eigenvalue weighted by Crippen LogP contribution is -2.14. The molecule has 1 aliphatic heterocycles. The van der Waals surface area contributed by atoms with Crippen LogP contribution < -0.4 is 14.8 Å². The van der Waals surface area contributed by atoms with Crippen LogP contribution in [0.5, 0.6) is 11.5 Å². The topological polar surface area (TPSA) is 90.6 Å². The van der Waals surface area contributed by atoms with Crippen LogP contribution in [0.3, 0.4) is 0 Å². The average Bonchev–Trinajstić information content (AvgIpc) is 3.39. The van der Waals surface area contributed by atoms with Gasteiger partial charge in [0.2, 0.25) is 17.9 Å². The fraction of sp³-hybridized carbons (Fsp3) is 0.100. The first-order valence-electron chi connectivity index (χ1n) is 8.86. The first-order chi connectivity index (χ1) is 14.3. The van der Waals surface area contributed by atoms with Crippen LogP contribution in [0.4, 0.5) is 5.69 Å². The molecule has 1 aliphatic rings. The summed E-state index contributed by atoms with van der Waals surface area (Å²) >= 11 is 1.27. The number of amides is 1. The van der Waals surface area contributed by atoms with Crippen LogP contribution in [-0.2, 0) is 4.79 Å². The van der Waals surface area contributed by atoms with Crippen LogP contribution in [-0.4, -0.2) is 38.3 Å². The summed E-state index contributed by atoms with van der Waals surface area (Å²) in [4.78, 5) is 12.4. The number of hydrogen-bond donors (Lipinski definition) is 1. The second-order valence-corrected chi connectivity index (χ2v) is 7.18. The molecule has 0 bridgehead atoms. The maximum Gasteiger partial charge on any atom is 0.234 e. The molecule has 8 nitrogen and oxygen atoms in total. The molecule has 144 valence electrons. The molecule has 2 aromatic heterocycles. The maximum atomic E-state index is 12.4. The van der Waals surface area contributed by atoms with E-state index in [1.165, 1.54) is 11.8 Å². The van der Waals surface area contributed by atoms with Crippen LogP contribution in [0.2, 0.25) is 0 Å². The van der Waals surface area contributed by atoms with Gasteiger partial charge in [-0.1, -0.05) is 42.1 Å². The van der Waals surface area contributed by atoms with Gasteiger partial charge in [0.15, 0.2) is 17.1 Å². The smallest absolute Gasteiger partial charge is 0.234 e. The van der Waals surface area contributed by atoms with E-state index in [1.54, 1.807) is 22.7 Å². The highest BCUT2D eigenvalue weighted by molar-refractivity contribution is 7.99. The number of anilines is 1. The molecule has 0 atom stereocenters. The van der Waals surface area contributed by atoms with Gasteiger partial charge in [-0.05, 0) is 24.3 Å². The Bertz CT molecular complexity index is 1200. The zero-order valence-corrected chi connectivity index (χ0v) is 15.9. The third-order valence-corrected chi connectivity index (χ3v) is 5.21. The monoisotopic (exact) mass is 405 g/mol. The van der Waals surface area contributed by atoms with Gasteiger partial charge in [-0.25, -0.2) is 0 Å². The number of nitrogens with zero attached hydrogens (tertiary/aromatic N) is 4. The first-order valence-corrected chi connectivity index (χ1v) is 9.85. The largest absolute Gasteiger partial charge is 0.454 e. The summed E-state index contributed by atoms with van der Waals surface area (Å²) in [6, 6.07) is 18.9. The molecule has 0 unspecified atom stereocenters. The number of fused-ring (bicyclic) bond motifs is 2. The Morgan fingerprint density at radius 1 is 1.03 bits per heavy atom. The van der Waals surface area contributed by atoms with Crippen LogP contribution >= 0.6 is 11.8 Å². The highest BCUT2D eigenvalue weighted by atomic mass is 32.2. The van der Waals surface area contributed by atoms with Crippen molar-refractivity contribution >= 4 is 29.0 Å². The van der Waals surface area contributed by atoms with Gasteiger partial charge in [0.1, 0.15) is 0 Å². The van der Waals surface area contributed by atoms with Gasteiger partial charge >= 0.3 is 0 Å². The molecular formula is C20H15N5O3S. The lowest BCUT2D eigenvalue weighted by atomic mass is 10.1. The molecule has 3 heterocycles. The summed E-state index contributed by atoms with van der Waals surface area (Å²) in [5.41, 5.74) is 3.09. The van der Waals surface area contributed by atoms with Crippen molar-refractivity contribution in [3.05, 3.63) is 60.7 Å². The predicted molar refractivity (Wildman–Crippen MR) is 108 cm³/mol. The lowest BCUT2D eigenvalue weighted by Gasteiger charge is -2.06. The minimum absolute atomic E-state index is 0.162. The molecular weight excluding hydrogens is 390 g/mol. The summed E-state index contributed by atoms with van der Waals surface area (Å²) in [5, 5.41) is 16.3. The van der Waals surface area contributed by atoms with E-state index < -0.39 is 0 Å². The third-order valence-electron chi connectivity index (χ3n) is 4.29. The fourth-order valence-corrected chi connectivity index (χ4v) is 3.61. The van der Waals surface area contributed by atoms with Crippen molar-refractivity contribution in [3.63, 3.8) is 0 Å².